The van der Waals surface area contributed by atoms with Gasteiger partial charge in [-0.3, -0.25) is 4.79 Å². The summed E-state index contributed by atoms with van der Waals surface area (Å²) in [4.78, 5) is 11.6. The highest BCUT2D eigenvalue weighted by atomic mass is 79.9. The van der Waals surface area contributed by atoms with Gasteiger partial charge in [0.25, 0.3) is 0 Å². The highest BCUT2D eigenvalue weighted by Crippen LogP contribution is 2.50. The molecule has 0 aromatic rings. The van der Waals surface area contributed by atoms with Crippen LogP contribution in [0, 0.1) is 11.3 Å². The topological polar surface area (TPSA) is 26.3 Å². The summed E-state index contributed by atoms with van der Waals surface area (Å²) in [6.07, 6.45) is 8.68. The minimum Gasteiger partial charge on any atom is -0.458 e. The summed E-state index contributed by atoms with van der Waals surface area (Å²) in [7, 11) is 0. The fraction of sp³-hybridized carbons (Fsp3) is 0.800. The van der Waals surface area contributed by atoms with Crippen molar-refractivity contribution in [2.24, 2.45) is 11.3 Å². The van der Waals surface area contributed by atoms with Crippen molar-refractivity contribution in [2.75, 3.05) is 5.33 Å². The van der Waals surface area contributed by atoms with Crippen LogP contribution in [0.5, 0.6) is 0 Å². The molecule has 2 bridgehead atoms. The van der Waals surface area contributed by atoms with Crippen molar-refractivity contribution >= 4 is 21.9 Å². The van der Waals surface area contributed by atoms with Gasteiger partial charge in [0.2, 0.25) is 0 Å². The lowest BCUT2D eigenvalue weighted by molar-refractivity contribution is -0.164. The molecule has 0 aliphatic heterocycles. The third-order valence-corrected chi connectivity index (χ3v) is 5.21. The Labute approximate surface area is 118 Å². The SMILES string of the molecule is CC1(C(C)(C)OC(=O)CBr)C=C2CCCC(C2)C1. The number of ether oxygens (including phenoxy) is 1. The number of allylic oxidation sites excluding steroid dienone is 1. The molecule has 0 amide bonds. The lowest BCUT2D eigenvalue weighted by Gasteiger charge is -2.48. The summed E-state index contributed by atoms with van der Waals surface area (Å²) >= 11 is 3.17. The number of esters is 1. The van der Waals surface area contributed by atoms with E-state index in [0.717, 1.165) is 12.3 Å². The summed E-state index contributed by atoms with van der Waals surface area (Å²) in [6, 6.07) is 0. The highest BCUT2D eigenvalue weighted by molar-refractivity contribution is 9.09. The van der Waals surface area contributed by atoms with E-state index in [4.69, 9.17) is 4.74 Å². The number of halogens is 1. The maximum atomic E-state index is 11.6. The van der Waals surface area contributed by atoms with Crippen molar-refractivity contribution < 1.29 is 9.53 Å². The van der Waals surface area contributed by atoms with Crippen LogP contribution in [0.2, 0.25) is 0 Å². The van der Waals surface area contributed by atoms with Crippen molar-refractivity contribution in [2.45, 2.75) is 58.5 Å². The van der Waals surface area contributed by atoms with E-state index < -0.39 is 5.60 Å². The molecule has 0 heterocycles. The summed E-state index contributed by atoms with van der Waals surface area (Å²) in [6.45, 7) is 6.34. The molecule has 2 rings (SSSR count). The van der Waals surface area contributed by atoms with Crippen LogP contribution in [-0.2, 0) is 9.53 Å². The molecule has 1 fully saturated rings. The fourth-order valence-electron chi connectivity index (χ4n) is 3.46. The predicted molar refractivity (Wildman–Crippen MR) is 76.7 cm³/mol. The van der Waals surface area contributed by atoms with Gasteiger partial charge in [-0.1, -0.05) is 34.5 Å². The molecule has 0 N–H and O–H groups in total. The molecule has 0 aromatic heterocycles. The molecule has 1 saturated carbocycles. The molecule has 0 saturated heterocycles. The zero-order chi connectivity index (χ0) is 13.4. The highest BCUT2D eigenvalue weighted by Gasteiger charge is 2.46. The molecular formula is C15H23BrO2. The van der Waals surface area contributed by atoms with E-state index in [1.807, 2.05) is 13.8 Å². The van der Waals surface area contributed by atoms with Crippen LogP contribution >= 0.6 is 15.9 Å². The van der Waals surface area contributed by atoms with E-state index in [1.54, 1.807) is 5.57 Å². The van der Waals surface area contributed by atoms with E-state index in [9.17, 15) is 4.79 Å². The molecule has 2 unspecified atom stereocenters. The maximum absolute atomic E-state index is 11.6. The Morgan fingerprint density at radius 3 is 2.94 bits per heavy atom. The summed E-state index contributed by atoms with van der Waals surface area (Å²) in [5.74, 6) is 0.612. The van der Waals surface area contributed by atoms with Gasteiger partial charge in [0.05, 0.1) is 0 Å². The van der Waals surface area contributed by atoms with Crippen molar-refractivity contribution in [3.63, 3.8) is 0 Å². The van der Waals surface area contributed by atoms with Gasteiger partial charge in [-0.2, -0.15) is 0 Å². The summed E-state index contributed by atoms with van der Waals surface area (Å²) in [5.41, 5.74) is 1.12. The summed E-state index contributed by atoms with van der Waals surface area (Å²) < 4.78 is 5.66. The largest absolute Gasteiger partial charge is 0.458 e. The minimum absolute atomic E-state index is 0.0243. The Morgan fingerprint density at radius 1 is 1.61 bits per heavy atom. The van der Waals surface area contributed by atoms with Gasteiger partial charge >= 0.3 is 5.97 Å². The molecule has 3 heteroatoms. The first kappa shape index (κ1) is 14.1. The molecule has 2 aliphatic rings. The van der Waals surface area contributed by atoms with E-state index >= 15 is 0 Å². The molecular weight excluding hydrogens is 292 g/mol. The van der Waals surface area contributed by atoms with Gasteiger partial charge in [0.1, 0.15) is 10.9 Å². The molecule has 2 nitrogen and oxygen atoms in total. The first-order chi connectivity index (χ1) is 8.36. The van der Waals surface area contributed by atoms with Crippen molar-refractivity contribution in [3.8, 4) is 0 Å². The van der Waals surface area contributed by atoms with Crippen LogP contribution in [0.4, 0.5) is 0 Å². The van der Waals surface area contributed by atoms with Gasteiger partial charge in [0.15, 0.2) is 0 Å². The standard InChI is InChI=1S/C15H23BrO2/c1-14(2,18-13(17)10-16)15(3)8-11-5-4-6-12(7-11)9-15/h8,12H,4-7,9-10H2,1-3H3. The quantitative estimate of drug-likeness (QED) is 0.442. The lowest BCUT2D eigenvalue weighted by atomic mass is 9.61. The first-order valence-corrected chi connectivity index (χ1v) is 7.97. The average molecular weight is 315 g/mol. The Morgan fingerprint density at radius 2 is 2.33 bits per heavy atom. The van der Waals surface area contributed by atoms with Crippen LogP contribution in [0.1, 0.15) is 52.9 Å². The van der Waals surface area contributed by atoms with Crippen molar-refractivity contribution in [1.82, 2.24) is 0 Å². The van der Waals surface area contributed by atoms with Gasteiger partial charge < -0.3 is 4.74 Å². The van der Waals surface area contributed by atoms with Crippen molar-refractivity contribution in [1.29, 1.82) is 0 Å². The summed E-state index contributed by atoms with van der Waals surface area (Å²) in [5, 5.41) is 0.270. The monoisotopic (exact) mass is 314 g/mol. The molecule has 0 aromatic carbocycles. The van der Waals surface area contributed by atoms with Crippen LogP contribution in [0.15, 0.2) is 11.6 Å². The Bertz CT molecular complexity index is 373. The van der Waals surface area contributed by atoms with E-state index in [0.29, 0.717) is 0 Å². The second-order valence-corrected chi connectivity index (χ2v) is 7.07. The second-order valence-electron chi connectivity index (χ2n) is 6.50. The molecule has 0 spiro atoms. The minimum atomic E-state index is -0.431. The third-order valence-electron chi connectivity index (χ3n) is 4.75. The fourth-order valence-corrected chi connectivity index (χ4v) is 3.57. The van der Waals surface area contributed by atoms with Crippen LogP contribution in [0.3, 0.4) is 0 Å². The second kappa shape index (κ2) is 4.99. The Hall–Kier alpha value is -0.310. The molecule has 2 atom stereocenters. The zero-order valence-electron chi connectivity index (χ0n) is 11.6. The van der Waals surface area contributed by atoms with Gasteiger partial charge in [-0.15, -0.1) is 0 Å². The Kier molecular flexibility index (Phi) is 3.91. The maximum Gasteiger partial charge on any atom is 0.317 e. The van der Waals surface area contributed by atoms with E-state index in [2.05, 4.69) is 28.9 Å². The number of alkyl halides is 1. The van der Waals surface area contributed by atoms with Crippen LogP contribution < -0.4 is 0 Å². The lowest BCUT2D eigenvalue weighted by Crippen LogP contribution is -2.47. The molecule has 2 aliphatic carbocycles. The van der Waals surface area contributed by atoms with Gasteiger partial charge in [-0.25, -0.2) is 0 Å². The van der Waals surface area contributed by atoms with E-state index in [1.165, 1.54) is 25.7 Å². The predicted octanol–water partition coefficient (Wildman–Crippen LogP) is 4.23. The van der Waals surface area contributed by atoms with Crippen LogP contribution in [-0.4, -0.2) is 16.9 Å². The number of rotatable bonds is 3. The number of fused-ring (bicyclic) bond motifs is 2. The number of hydrogen-bond acceptors (Lipinski definition) is 2. The van der Waals surface area contributed by atoms with Crippen molar-refractivity contribution in [3.05, 3.63) is 11.6 Å². The number of carbonyl (C=O) groups excluding carboxylic acids is 1. The van der Waals surface area contributed by atoms with E-state index in [-0.39, 0.29) is 16.7 Å². The number of carbonyl (C=O) groups is 1. The zero-order valence-corrected chi connectivity index (χ0v) is 13.2. The van der Waals surface area contributed by atoms with Gasteiger partial charge in [-0.05, 0) is 51.9 Å². The smallest absolute Gasteiger partial charge is 0.317 e. The third kappa shape index (κ3) is 2.66. The normalized spacial score (nSPS) is 31.8. The first-order valence-electron chi connectivity index (χ1n) is 6.85. The number of hydrogen-bond donors (Lipinski definition) is 0. The molecule has 0 radical (unpaired) electrons. The van der Waals surface area contributed by atoms with Gasteiger partial charge in [0, 0.05) is 5.41 Å². The molecule has 102 valence electrons. The molecule has 18 heavy (non-hydrogen) atoms. The average Bonchev–Trinajstić information content (AvgIpc) is 2.27. The van der Waals surface area contributed by atoms with Crippen LogP contribution in [0.25, 0.3) is 0 Å². The Balaban J connectivity index is 2.22.